The molecule has 26 heavy (non-hydrogen) atoms. The zero-order chi connectivity index (χ0) is 18.2. The van der Waals surface area contributed by atoms with Crippen LogP contribution in [0.5, 0.6) is 5.75 Å². The Labute approximate surface area is 177 Å². The van der Waals surface area contributed by atoms with Crippen molar-refractivity contribution in [1.29, 1.82) is 0 Å². The maximum Gasteiger partial charge on any atom is 0.310 e. The fourth-order valence-corrected chi connectivity index (χ4v) is 3.16. The Kier molecular flexibility index (Phi) is 10.1. The summed E-state index contributed by atoms with van der Waals surface area (Å²) in [6, 6.07) is 5.56. The lowest BCUT2D eigenvalue weighted by molar-refractivity contribution is -0.149. The minimum atomic E-state index is -0.123. The van der Waals surface area contributed by atoms with Gasteiger partial charge in [0.15, 0.2) is 5.96 Å². The maximum absolute atomic E-state index is 12.0. The van der Waals surface area contributed by atoms with Crippen LogP contribution in [0.4, 0.5) is 0 Å². The minimum absolute atomic E-state index is 0. The molecule has 1 atom stereocenters. The van der Waals surface area contributed by atoms with Gasteiger partial charge in [-0.15, -0.1) is 24.0 Å². The van der Waals surface area contributed by atoms with Crippen molar-refractivity contribution in [3.63, 3.8) is 0 Å². The third-order valence-corrected chi connectivity index (χ3v) is 4.47. The van der Waals surface area contributed by atoms with Gasteiger partial charge < -0.3 is 19.7 Å². The van der Waals surface area contributed by atoms with E-state index in [1.807, 2.05) is 19.1 Å². The Balaban J connectivity index is 0.00000338. The molecule has 0 aromatic heterocycles. The average molecular weight is 496 g/mol. The molecule has 146 valence electrons. The van der Waals surface area contributed by atoms with E-state index >= 15 is 0 Å². The van der Waals surface area contributed by atoms with Crippen molar-refractivity contribution in [2.24, 2.45) is 10.9 Å². The molecule has 1 unspecified atom stereocenters. The molecule has 0 saturated carbocycles. The zero-order valence-corrected chi connectivity index (χ0v) is 18.5. The first-order valence-corrected chi connectivity index (χ1v) is 8.91. The number of ether oxygens (including phenoxy) is 2. The summed E-state index contributed by atoms with van der Waals surface area (Å²) in [4.78, 5) is 18.5. The summed E-state index contributed by atoms with van der Waals surface area (Å²) in [7, 11) is 3.37. The van der Waals surface area contributed by atoms with Gasteiger partial charge in [-0.3, -0.25) is 9.79 Å². The summed E-state index contributed by atoms with van der Waals surface area (Å²) in [5.74, 6) is 1.28. The number of likely N-dealkylation sites (tertiary alicyclic amines) is 1. The SMILES string of the molecule is CCOC(=O)C1CCCN(C(=NC)NCc2ccc(Cl)cc2OC)C1.I. The summed E-state index contributed by atoms with van der Waals surface area (Å²) in [5, 5.41) is 3.98. The monoisotopic (exact) mass is 495 g/mol. The highest BCUT2D eigenvalue weighted by Crippen LogP contribution is 2.23. The zero-order valence-electron chi connectivity index (χ0n) is 15.5. The van der Waals surface area contributed by atoms with Crippen LogP contribution in [0.1, 0.15) is 25.3 Å². The van der Waals surface area contributed by atoms with E-state index in [1.54, 1.807) is 20.2 Å². The minimum Gasteiger partial charge on any atom is -0.496 e. The summed E-state index contributed by atoms with van der Waals surface area (Å²) in [6.07, 6.45) is 1.80. The van der Waals surface area contributed by atoms with Gasteiger partial charge >= 0.3 is 5.97 Å². The molecule has 1 aromatic rings. The number of halogens is 2. The van der Waals surface area contributed by atoms with Gasteiger partial charge in [0.25, 0.3) is 0 Å². The van der Waals surface area contributed by atoms with Crippen LogP contribution < -0.4 is 10.1 Å². The third-order valence-electron chi connectivity index (χ3n) is 4.24. The molecule has 1 N–H and O–H groups in total. The molecule has 0 bridgehead atoms. The molecule has 1 fully saturated rings. The van der Waals surface area contributed by atoms with Gasteiger partial charge in [-0.2, -0.15) is 0 Å². The number of hydrogen-bond donors (Lipinski definition) is 1. The lowest BCUT2D eigenvalue weighted by atomic mass is 9.98. The first-order valence-electron chi connectivity index (χ1n) is 8.53. The molecule has 0 amide bonds. The molecule has 0 radical (unpaired) electrons. The van der Waals surface area contributed by atoms with E-state index in [9.17, 15) is 4.79 Å². The Hall–Kier alpha value is -1.22. The largest absolute Gasteiger partial charge is 0.496 e. The highest BCUT2D eigenvalue weighted by atomic mass is 127. The molecule has 1 aliphatic rings. The van der Waals surface area contributed by atoms with Gasteiger partial charge in [0.2, 0.25) is 0 Å². The molecule has 1 aliphatic heterocycles. The lowest BCUT2D eigenvalue weighted by Gasteiger charge is -2.34. The Bertz CT molecular complexity index is 628. The van der Waals surface area contributed by atoms with Crippen molar-refractivity contribution < 1.29 is 14.3 Å². The van der Waals surface area contributed by atoms with Crippen molar-refractivity contribution in [3.8, 4) is 5.75 Å². The van der Waals surface area contributed by atoms with Gasteiger partial charge in [-0.25, -0.2) is 0 Å². The fourth-order valence-electron chi connectivity index (χ4n) is 2.99. The molecule has 1 heterocycles. The van der Waals surface area contributed by atoms with Crippen LogP contribution in [-0.4, -0.2) is 50.7 Å². The fraction of sp³-hybridized carbons (Fsp3) is 0.556. The molecule has 1 aromatic carbocycles. The number of benzene rings is 1. The van der Waals surface area contributed by atoms with Crippen LogP contribution in [0.15, 0.2) is 23.2 Å². The number of nitrogens with zero attached hydrogens (tertiary/aromatic N) is 2. The van der Waals surface area contributed by atoms with Gasteiger partial charge in [0.1, 0.15) is 5.75 Å². The van der Waals surface area contributed by atoms with Crippen LogP contribution in [0.3, 0.4) is 0 Å². The third kappa shape index (κ3) is 6.19. The number of aliphatic imine (C=N–C) groups is 1. The van der Waals surface area contributed by atoms with Crippen molar-refractivity contribution in [2.45, 2.75) is 26.3 Å². The second-order valence-corrected chi connectivity index (χ2v) is 6.33. The molecule has 6 nitrogen and oxygen atoms in total. The highest BCUT2D eigenvalue weighted by molar-refractivity contribution is 14.0. The van der Waals surface area contributed by atoms with Gasteiger partial charge in [-0.1, -0.05) is 17.7 Å². The number of hydrogen-bond acceptors (Lipinski definition) is 4. The van der Waals surface area contributed by atoms with E-state index in [0.717, 1.165) is 36.7 Å². The van der Waals surface area contributed by atoms with Crippen molar-refractivity contribution in [2.75, 3.05) is 33.9 Å². The Morgan fingerprint density at radius 2 is 2.23 bits per heavy atom. The van der Waals surface area contributed by atoms with Crippen LogP contribution in [0, 0.1) is 5.92 Å². The van der Waals surface area contributed by atoms with Crippen LogP contribution in [-0.2, 0) is 16.1 Å². The summed E-state index contributed by atoms with van der Waals surface area (Å²) in [5.41, 5.74) is 0.993. The van der Waals surface area contributed by atoms with Crippen molar-refractivity contribution >= 4 is 47.5 Å². The number of piperidine rings is 1. The summed E-state index contributed by atoms with van der Waals surface area (Å²) >= 11 is 6.00. The molecular formula is C18H27ClIN3O3. The second-order valence-electron chi connectivity index (χ2n) is 5.89. The normalized spacial score (nSPS) is 17.3. The molecular weight excluding hydrogens is 469 g/mol. The quantitative estimate of drug-likeness (QED) is 0.294. The topological polar surface area (TPSA) is 63.2 Å². The number of nitrogens with one attached hydrogen (secondary N) is 1. The standard InChI is InChI=1S/C18H26ClN3O3.HI/c1-4-25-17(23)14-6-5-9-22(12-14)18(20-2)21-11-13-7-8-15(19)10-16(13)24-3;/h7-8,10,14H,4-6,9,11-12H2,1-3H3,(H,20,21);1H. The predicted molar refractivity (Wildman–Crippen MR) is 115 cm³/mol. The second kappa shape index (κ2) is 11.5. The highest BCUT2D eigenvalue weighted by Gasteiger charge is 2.28. The summed E-state index contributed by atoms with van der Waals surface area (Å²) in [6.45, 7) is 4.30. The summed E-state index contributed by atoms with van der Waals surface area (Å²) < 4.78 is 10.5. The van der Waals surface area contributed by atoms with Crippen LogP contribution in [0.2, 0.25) is 5.02 Å². The molecule has 8 heteroatoms. The molecule has 0 aliphatic carbocycles. The number of esters is 1. The predicted octanol–water partition coefficient (Wildman–Crippen LogP) is 3.32. The van der Waals surface area contributed by atoms with Gasteiger partial charge in [0.05, 0.1) is 19.6 Å². The van der Waals surface area contributed by atoms with E-state index in [2.05, 4.69) is 15.2 Å². The maximum atomic E-state index is 12.0. The van der Waals surface area contributed by atoms with Crippen LogP contribution in [0.25, 0.3) is 0 Å². The molecule has 2 rings (SSSR count). The lowest BCUT2D eigenvalue weighted by Crippen LogP contribution is -2.48. The van der Waals surface area contributed by atoms with E-state index in [0.29, 0.717) is 24.7 Å². The smallest absolute Gasteiger partial charge is 0.310 e. The Morgan fingerprint density at radius 1 is 1.46 bits per heavy atom. The number of rotatable bonds is 5. The Morgan fingerprint density at radius 3 is 2.88 bits per heavy atom. The van der Waals surface area contributed by atoms with E-state index in [1.165, 1.54) is 0 Å². The first kappa shape index (κ1) is 22.8. The molecule has 0 spiro atoms. The van der Waals surface area contributed by atoms with Gasteiger partial charge in [-0.05, 0) is 31.9 Å². The van der Waals surface area contributed by atoms with Crippen molar-refractivity contribution in [1.82, 2.24) is 10.2 Å². The number of methoxy groups -OCH3 is 1. The number of carbonyl (C=O) groups is 1. The van der Waals surface area contributed by atoms with Gasteiger partial charge in [0, 0.05) is 37.3 Å². The van der Waals surface area contributed by atoms with Crippen molar-refractivity contribution in [3.05, 3.63) is 28.8 Å². The molecule has 1 saturated heterocycles. The van der Waals surface area contributed by atoms with E-state index in [-0.39, 0.29) is 35.9 Å². The van der Waals surface area contributed by atoms with Crippen LogP contribution >= 0.6 is 35.6 Å². The van der Waals surface area contributed by atoms with E-state index < -0.39 is 0 Å². The number of guanidine groups is 1. The number of carbonyl (C=O) groups excluding carboxylic acids is 1. The van der Waals surface area contributed by atoms with E-state index in [4.69, 9.17) is 21.1 Å². The first-order chi connectivity index (χ1) is 12.1. The average Bonchev–Trinajstić information content (AvgIpc) is 2.63.